The number of amides is 1. The minimum absolute atomic E-state index is 0.0523. The smallest absolute Gasteiger partial charge is 0.235 e. The van der Waals surface area contributed by atoms with E-state index in [1.807, 2.05) is 31.2 Å². The number of benzene rings is 1. The predicted molar refractivity (Wildman–Crippen MR) is 107 cm³/mol. The zero-order valence-corrected chi connectivity index (χ0v) is 16.7. The maximum absolute atomic E-state index is 11.9. The van der Waals surface area contributed by atoms with E-state index in [4.69, 9.17) is 4.42 Å². The molecule has 0 aliphatic heterocycles. The van der Waals surface area contributed by atoms with Gasteiger partial charge in [0.05, 0.1) is 22.5 Å². The Morgan fingerprint density at radius 1 is 1.19 bits per heavy atom. The van der Waals surface area contributed by atoms with Crippen LogP contribution in [0.3, 0.4) is 0 Å². The first kappa shape index (κ1) is 19.6. The van der Waals surface area contributed by atoms with Crippen LogP contribution < -0.4 is 5.32 Å². The normalized spacial score (nSPS) is 11.7. The number of aromatic nitrogens is 1. The molecular formula is C19H22N2O4S2. The number of sulfone groups is 1. The first-order valence-corrected chi connectivity index (χ1v) is 11.5. The minimum atomic E-state index is -3.36. The van der Waals surface area contributed by atoms with Crippen molar-refractivity contribution in [1.29, 1.82) is 0 Å². The minimum Gasteiger partial charge on any atom is -0.457 e. The lowest BCUT2D eigenvalue weighted by Gasteiger charge is -2.05. The fourth-order valence-corrected chi connectivity index (χ4v) is 4.86. The molecule has 0 aliphatic carbocycles. The van der Waals surface area contributed by atoms with Crippen LogP contribution in [0, 0.1) is 0 Å². The standard InChI is InChI=1S/C19H22N2O4S2/c1-2-3-6-11-27(23,24)13-18(22)20-12-14-9-10-16(25-14)19-21-15-7-4-5-8-17(15)26-19/h4-5,7-10H,2-3,6,11-13H2,1H3,(H,20,22). The van der Waals surface area contributed by atoms with Gasteiger partial charge in [-0.1, -0.05) is 31.9 Å². The lowest BCUT2D eigenvalue weighted by molar-refractivity contribution is -0.118. The number of hydrogen-bond acceptors (Lipinski definition) is 6. The fraction of sp³-hybridized carbons (Fsp3) is 0.368. The fourth-order valence-electron chi connectivity index (χ4n) is 2.65. The number of fused-ring (bicyclic) bond motifs is 1. The van der Waals surface area contributed by atoms with E-state index in [0.29, 0.717) is 17.9 Å². The molecule has 0 unspecified atom stereocenters. The van der Waals surface area contributed by atoms with Gasteiger partial charge in [-0.3, -0.25) is 4.79 Å². The topological polar surface area (TPSA) is 89.3 Å². The third kappa shape index (κ3) is 5.40. The van der Waals surface area contributed by atoms with Crippen LogP contribution in [0.5, 0.6) is 0 Å². The van der Waals surface area contributed by atoms with Crippen LogP contribution in [-0.2, 0) is 21.2 Å². The van der Waals surface area contributed by atoms with Crippen molar-refractivity contribution < 1.29 is 17.6 Å². The highest BCUT2D eigenvalue weighted by Crippen LogP contribution is 2.31. The molecule has 2 heterocycles. The Morgan fingerprint density at radius 3 is 2.78 bits per heavy atom. The number of furan rings is 1. The van der Waals surface area contributed by atoms with E-state index in [1.54, 1.807) is 12.1 Å². The van der Waals surface area contributed by atoms with E-state index in [9.17, 15) is 13.2 Å². The highest BCUT2D eigenvalue weighted by molar-refractivity contribution is 7.92. The Morgan fingerprint density at radius 2 is 2.00 bits per heavy atom. The van der Waals surface area contributed by atoms with Gasteiger partial charge in [-0.05, 0) is 30.7 Å². The average molecular weight is 407 g/mol. The SMILES string of the molecule is CCCCCS(=O)(=O)CC(=O)NCc1ccc(-c2nc3ccccc3s2)o1. The maximum Gasteiger partial charge on any atom is 0.235 e. The van der Waals surface area contributed by atoms with Crippen LogP contribution in [0.1, 0.15) is 31.9 Å². The van der Waals surface area contributed by atoms with Crippen molar-refractivity contribution in [2.45, 2.75) is 32.7 Å². The second-order valence-corrected chi connectivity index (χ2v) is 9.54. The molecule has 144 valence electrons. The van der Waals surface area contributed by atoms with Gasteiger partial charge in [-0.25, -0.2) is 13.4 Å². The summed E-state index contributed by atoms with van der Waals surface area (Å²) >= 11 is 1.53. The summed E-state index contributed by atoms with van der Waals surface area (Å²) in [4.78, 5) is 16.5. The molecule has 0 radical (unpaired) electrons. The zero-order chi connectivity index (χ0) is 19.3. The van der Waals surface area contributed by atoms with Gasteiger partial charge in [0.15, 0.2) is 20.6 Å². The molecule has 2 aromatic heterocycles. The summed E-state index contributed by atoms with van der Waals surface area (Å²) in [5.41, 5.74) is 0.914. The number of rotatable bonds is 9. The molecule has 6 nitrogen and oxygen atoms in total. The van der Waals surface area contributed by atoms with Gasteiger partial charge in [0, 0.05) is 0 Å². The Hall–Kier alpha value is -2.19. The lowest BCUT2D eigenvalue weighted by atomic mass is 10.3. The Kier molecular flexibility index (Phi) is 6.28. The number of nitrogens with zero attached hydrogens (tertiary/aromatic N) is 1. The van der Waals surface area contributed by atoms with Crippen LogP contribution in [0.15, 0.2) is 40.8 Å². The molecule has 0 saturated carbocycles. The molecule has 0 aliphatic rings. The summed E-state index contributed by atoms with van der Waals surface area (Å²) in [6.07, 6.45) is 2.38. The maximum atomic E-state index is 11.9. The number of carbonyl (C=O) groups is 1. The van der Waals surface area contributed by atoms with Crippen molar-refractivity contribution in [3.8, 4) is 10.8 Å². The summed E-state index contributed by atoms with van der Waals surface area (Å²) in [7, 11) is -3.36. The van der Waals surface area contributed by atoms with Gasteiger partial charge in [0.25, 0.3) is 0 Å². The van der Waals surface area contributed by atoms with Gasteiger partial charge < -0.3 is 9.73 Å². The van der Waals surface area contributed by atoms with Crippen LogP contribution in [0.2, 0.25) is 0 Å². The third-order valence-corrected chi connectivity index (χ3v) is 6.70. The molecule has 1 amide bonds. The van der Waals surface area contributed by atoms with E-state index in [1.165, 1.54) is 11.3 Å². The van der Waals surface area contributed by atoms with Crippen molar-refractivity contribution in [2.24, 2.45) is 0 Å². The summed E-state index contributed by atoms with van der Waals surface area (Å²) in [5.74, 6) is 0.247. The van der Waals surface area contributed by atoms with Crippen molar-refractivity contribution in [1.82, 2.24) is 10.3 Å². The molecule has 8 heteroatoms. The summed E-state index contributed by atoms with van der Waals surface area (Å²) in [6.45, 7) is 2.15. The number of para-hydroxylation sites is 1. The number of unbranched alkanes of at least 4 members (excludes halogenated alkanes) is 2. The molecule has 0 spiro atoms. The van der Waals surface area contributed by atoms with Crippen LogP contribution >= 0.6 is 11.3 Å². The van der Waals surface area contributed by atoms with Gasteiger partial charge in [0.2, 0.25) is 5.91 Å². The summed E-state index contributed by atoms with van der Waals surface area (Å²) in [6, 6.07) is 11.4. The molecule has 0 atom stereocenters. The molecule has 27 heavy (non-hydrogen) atoms. The highest BCUT2D eigenvalue weighted by atomic mass is 32.2. The second kappa shape index (κ2) is 8.67. The molecule has 1 aromatic carbocycles. The Balaban J connectivity index is 1.55. The van der Waals surface area contributed by atoms with E-state index >= 15 is 0 Å². The van der Waals surface area contributed by atoms with Gasteiger partial charge in [0.1, 0.15) is 11.5 Å². The third-order valence-electron chi connectivity index (χ3n) is 4.04. The zero-order valence-electron chi connectivity index (χ0n) is 15.1. The van der Waals surface area contributed by atoms with E-state index in [2.05, 4.69) is 10.3 Å². The van der Waals surface area contributed by atoms with Gasteiger partial charge in [-0.2, -0.15) is 0 Å². The molecule has 1 N–H and O–H groups in total. The average Bonchev–Trinajstić information content (AvgIpc) is 3.26. The molecule has 0 bridgehead atoms. The van der Waals surface area contributed by atoms with Gasteiger partial charge >= 0.3 is 0 Å². The highest BCUT2D eigenvalue weighted by Gasteiger charge is 2.17. The number of hydrogen-bond donors (Lipinski definition) is 1. The van der Waals surface area contributed by atoms with E-state index in [0.717, 1.165) is 28.1 Å². The quantitative estimate of drug-likeness (QED) is 0.546. The number of carbonyl (C=O) groups excluding carboxylic acids is 1. The van der Waals surface area contributed by atoms with E-state index < -0.39 is 21.5 Å². The molecule has 0 fully saturated rings. The predicted octanol–water partition coefficient (Wildman–Crippen LogP) is 3.78. The van der Waals surface area contributed by atoms with Crippen molar-refractivity contribution >= 4 is 37.3 Å². The van der Waals surface area contributed by atoms with Crippen molar-refractivity contribution in [2.75, 3.05) is 11.5 Å². The summed E-state index contributed by atoms with van der Waals surface area (Å²) < 4.78 is 30.6. The van der Waals surface area contributed by atoms with Crippen molar-refractivity contribution in [3.05, 3.63) is 42.2 Å². The molecular weight excluding hydrogens is 384 g/mol. The Labute approximate surface area is 162 Å². The summed E-state index contributed by atoms with van der Waals surface area (Å²) in [5, 5.41) is 3.38. The van der Waals surface area contributed by atoms with Crippen LogP contribution in [0.25, 0.3) is 21.0 Å². The molecule has 3 rings (SSSR count). The van der Waals surface area contributed by atoms with Crippen molar-refractivity contribution in [3.63, 3.8) is 0 Å². The largest absolute Gasteiger partial charge is 0.457 e. The van der Waals surface area contributed by atoms with Crippen LogP contribution in [0.4, 0.5) is 0 Å². The first-order valence-electron chi connectivity index (χ1n) is 8.88. The lowest BCUT2D eigenvalue weighted by Crippen LogP contribution is -2.30. The first-order chi connectivity index (χ1) is 13.0. The second-order valence-electron chi connectivity index (χ2n) is 6.33. The molecule has 3 aromatic rings. The van der Waals surface area contributed by atoms with Crippen LogP contribution in [-0.4, -0.2) is 30.8 Å². The van der Waals surface area contributed by atoms with Gasteiger partial charge in [-0.15, -0.1) is 11.3 Å². The Bertz CT molecular complexity index is 988. The van der Waals surface area contributed by atoms with E-state index in [-0.39, 0.29) is 12.3 Å². The molecule has 0 saturated heterocycles. The number of thiazole rings is 1. The number of nitrogens with one attached hydrogen (secondary N) is 1. The monoisotopic (exact) mass is 406 g/mol.